The highest BCUT2D eigenvalue weighted by molar-refractivity contribution is 7.73. The second kappa shape index (κ2) is 7.90. The zero-order chi connectivity index (χ0) is 23.5. The van der Waals surface area contributed by atoms with Crippen LogP contribution in [0.5, 0.6) is 0 Å². The van der Waals surface area contributed by atoms with E-state index in [1.54, 1.807) is 4.80 Å². The molecule has 3 unspecified atom stereocenters. The van der Waals surface area contributed by atoms with Crippen LogP contribution in [0.3, 0.4) is 0 Å². The van der Waals surface area contributed by atoms with Crippen molar-refractivity contribution < 1.29 is 22.3 Å². The van der Waals surface area contributed by atoms with Crippen molar-refractivity contribution in [2.45, 2.75) is 57.2 Å². The van der Waals surface area contributed by atoms with E-state index in [1.165, 1.54) is 7.05 Å². The van der Waals surface area contributed by atoms with E-state index >= 15 is 4.39 Å². The maximum absolute atomic E-state index is 15.0. The minimum atomic E-state index is -2.95. The zero-order valence-corrected chi connectivity index (χ0v) is 19.9. The molecule has 3 atom stereocenters. The van der Waals surface area contributed by atoms with E-state index in [9.17, 15) is 13.2 Å². The summed E-state index contributed by atoms with van der Waals surface area (Å²) in [4.78, 5) is 13.1. The van der Waals surface area contributed by atoms with Crippen molar-refractivity contribution in [1.29, 1.82) is 0 Å². The average Bonchev–Trinajstić information content (AvgIpc) is 3.19. The number of tetrazole rings is 1. The Morgan fingerprint density at radius 3 is 2.61 bits per heavy atom. The van der Waals surface area contributed by atoms with Crippen molar-refractivity contribution in [2.24, 2.45) is 17.3 Å². The van der Waals surface area contributed by atoms with Gasteiger partial charge in [0.15, 0.2) is 22.6 Å². The Bertz CT molecular complexity index is 1200. The molecule has 178 valence electrons. The lowest BCUT2D eigenvalue weighted by Crippen LogP contribution is -2.58. The topological polar surface area (TPSA) is 116 Å². The molecule has 0 saturated heterocycles. The summed E-state index contributed by atoms with van der Waals surface area (Å²) in [7, 11) is -1.61. The van der Waals surface area contributed by atoms with Crippen LogP contribution >= 0.6 is 11.6 Å². The van der Waals surface area contributed by atoms with Crippen molar-refractivity contribution in [3.63, 3.8) is 0 Å². The van der Waals surface area contributed by atoms with Gasteiger partial charge in [-0.3, -0.25) is 4.79 Å². The molecule has 12 heteroatoms. The van der Waals surface area contributed by atoms with Crippen molar-refractivity contribution in [3.8, 4) is 0 Å². The highest BCUT2D eigenvalue weighted by Gasteiger charge is 2.60. The van der Waals surface area contributed by atoms with Gasteiger partial charge in [0, 0.05) is 12.5 Å². The first-order valence-electron chi connectivity index (χ1n) is 11.0. The summed E-state index contributed by atoms with van der Waals surface area (Å²) >= 11 is 6.30. The van der Waals surface area contributed by atoms with E-state index in [1.807, 2.05) is 6.92 Å². The summed E-state index contributed by atoms with van der Waals surface area (Å²) in [5.41, 5.74) is -0.820. The quantitative estimate of drug-likeness (QED) is 0.617. The predicted octanol–water partition coefficient (Wildman–Crippen LogP) is 1.82. The number of rotatable bonds is 5. The number of hydrogen-bond acceptors (Lipinski definition) is 7. The number of carbonyl (C=O) groups is 1. The van der Waals surface area contributed by atoms with Gasteiger partial charge in [-0.1, -0.05) is 11.6 Å². The van der Waals surface area contributed by atoms with Gasteiger partial charge in [0.1, 0.15) is 0 Å². The molecule has 0 radical (unpaired) electrons. The Kier molecular flexibility index (Phi) is 5.39. The van der Waals surface area contributed by atoms with Crippen LogP contribution in [0.25, 0.3) is 0 Å². The predicted molar refractivity (Wildman–Crippen MR) is 117 cm³/mol. The number of nitrogens with zero attached hydrogens (tertiary/aromatic N) is 4. The van der Waals surface area contributed by atoms with Crippen LogP contribution in [0, 0.1) is 24.2 Å². The van der Waals surface area contributed by atoms with Gasteiger partial charge >= 0.3 is 0 Å². The average molecular weight is 498 g/mol. The molecule has 5 aliphatic rings. The summed E-state index contributed by atoms with van der Waals surface area (Å²) in [6, 6.07) is 0. The number of aryl methyl sites for hydroxylation is 1. The van der Waals surface area contributed by atoms with Gasteiger partial charge in [0.25, 0.3) is 0 Å². The van der Waals surface area contributed by atoms with Crippen molar-refractivity contribution in [1.82, 2.24) is 25.5 Å². The molecule has 1 N–H and O–H groups in total. The van der Waals surface area contributed by atoms with Crippen LogP contribution < -0.4 is 5.32 Å². The normalized spacial score (nSPS) is 35.0. The van der Waals surface area contributed by atoms with Crippen LogP contribution in [0.2, 0.25) is 0 Å². The smallest absolute Gasteiger partial charge is 0.250 e. The van der Waals surface area contributed by atoms with Gasteiger partial charge in [-0.15, -0.1) is 10.2 Å². The molecule has 1 aromatic rings. The molecule has 1 amide bonds. The number of hydrogen-bond donors (Lipinski definition) is 1. The highest BCUT2D eigenvalue weighted by Crippen LogP contribution is 2.64. The van der Waals surface area contributed by atoms with Gasteiger partial charge in [0.05, 0.1) is 22.8 Å². The van der Waals surface area contributed by atoms with E-state index in [0.717, 1.165) is 44.6 Å². The molecule has 9 nitrogen and oxygen atoms in total. The molecular weight excluding hydrogens is 473 g/mol. The molecule has 5 aliphatic carbocycles. The van der Waals surface area contributed by atoms with E-state index in [-0.39, 0.29) is 33.9 Å². The number of aromatic nitrogens is 4. The summed E-state index contributed by atoms with van der Waals surface area (Å²) < 4.78 is 44.8. The molecule has 1 heterocycles. The minimum Gasteiger partial charge on any atom is -0.490 e. The fourth-order valence-electron chi connectivity index (χ4n) is 6.79. The lowest BCUT2D eigenvalue weighted by atomic mass is 9.47. The fraction of sp³-hybridized carbons (Fsp3) is 0.667. The zero-order valence-electron chi connectivity index (χ0n) is 18.3. The number of amides is 1. The Morgan fingerprint density at radius 2 is 2.03 bits per heavy atom. The maximum atomic E-state index is 15.0. The lowest BCUT2D eigenvalue weighted by molar-refractivity contribution is -0.132. The SMILES string of the molecule is CNC(=O)C1=CC(Cl)=C(OCC23CC4CC(C2)CC(n2nnc(C)n2)(C4)C3)C(=S(=O)=O)C1F. The molecule has 4 saturated carbocycles. The van der Waals surface area contributed by atoms with E-state index in [2.05, 4.69) is 20.7 Å². The number of likely N-dealkylation sites (N-methyl/N-ethyl adjacent to an activating group) is 1. The molecule has 1 aromatic heterocycles. The first-order valence-corrected chi connectivity index (χ1v) is 12.4. The lowest BCUT2D eigenvalue weighted by Gasteiger charge is -2.61. The van der Waals surface area contributed by atoms with Gasteiger partial charge in [0.2, 0.25) is 16.2 Å². The van der Waals surface area contributed by atoms with Gasteiger partial charge in [-0.25, -0.2) is 4.39 Å². The van der Waals surface area contributed by atoms with Crippen LogP contribution in [0.4, 0.5) is 4.39 Å². The van der Waals surface area contributed by atoms with E-state index in [0.29, 0.717) is 17.7 Å². The first kappa shape index (κ1) is 22.5. The number of nitrogens with one attached hydrogen (secondary N) is 1. The molecule has 4 fully saturated rings. The minimum absolute atomic E-state index is 0.102. The van der Waals surface area contributed by atoms with Crippen LogP contribution in [-0.2, 0) is 25.4 Å². The van der Waals surface area contributed by atoms with Gasteiger partial charge in [-0.05, 0) is 68.6 Å². The molecule has 4 bridgehead atoms. The van der Waals surface area contributed by atoms with Gasteiger partial charge in [-0.2, -0.15) is 13.2 Å². The van der Waals surface area contributed by atoms with Crippen molar-refractivity contribution in [3.05, 3.63) is 28.3 Å². The van der Waals surface area contributed by atoms with Crippen molar-refractivity contribution >= 4 is 32.7 Å². The molecule has 0 aromatic carbocycles. The summed E-state index contributed by atoms with van der Waals surface area (Å²) in [6.07, 6.45) is 4.77. The maximum Gasteiger partial charge on any atom is 0.250 e. The Hall–Kier alpha value is -2.27. The summed E-state index contributed by atoms with van der Waals surface area (Å²) in [5.74, 6) is 0.650. The first-order chi connectivity index (χ1) is 15.7. The molecule has 0 aliphatic heterocycles. The van der Waals surface area contributed by atoms with Crippen LogP contribution in [0.1, 0.15) is 44.3 Å². The van der Waals surface area contributed by atoms with Gasteiger partial charge < -0.3 is 10.1 Å². The number of alkyl halides is 1. The monoisotopic (exact) mass is 497 g/mol. The van der Waals surface area contributed by atoms with Crippen molar-refractivity contribution in [2.75, 3.05) is 13.7 Å². The third kappa shape index (κ3) is 3.69. The Balaban J connectivity index is 1.46. The van der Waals surface area contributed by atoms with Crippen LogP contribution in [0.15, 0.2) is 22.4 Å². The molecule has 0 spiro atoms. The largest absolute Gasteiger partial charge is 0.490 e. The second-order valence-electron chi connectivity index (χ2n) is 9.92. The highest BCUT2D eigenvalue weighted by atomic mass is 35.5. The number of allylic oxidation sites excluding steroid dienone is 3. The third-order valence-corrected chi connectivity index (χ3v) is 8.54. The molecular formula is C21H25ClFN5O4S. The molecule has 33 heavy (non-hydrogen) atoms. The number of halogens is 2. The number of carbonyl (C=O) groups excluding carboxylic acids is 1. The fourth-order valence-corrected chi connectivity index (χ4v) is 7.74. The molecule has 6 rings (SSSR count). The summed E-state index contributed by atoms with van der Waals surface area (Å²) in [6.45, 7) is 2.02. The Morgan fingerprint density at radius 1 is 1.33 bits per heavy atom. The third-order valence-electron chi connectivity index (χ3n) is 7.51. The van der Waals surface area contributed by atoms with Crippen LogP contribution in [-0.4, -0.2) is 59.2 Å². The Labute approximate surface area is 196 Å². The van der Waals surface area contributed by atoms with E-state index < -0.39 is 27.2 Å². The summed E-state index contributed by atoms with van der Waals surface area (Å²) in [5, 5.41) is 15.1. The number of ether oxygens (including phenoxy) is 1. The standard InChI is InChI=1S/C21H25ClFN5O4S/c1-11-25-27-28(26-11)21-7-12-3-13(8-21)6-20(5-12,9-21)10-32-17-15(22)4-14(19(29)24-2)16(23)18(17)33(30)31/h4,12-13,16H,3,5-10H2,1-2H3,(H,24,29). The van der Waals surface area contributed by atoms with E-state index in [4.69, 9.17) is 16.3 Å². The second-order valence-corrected chi connectivity index (χ2v) is 11.2.